The lowest BCUT2D eigenvalue weighted by Crippen LogP contribution is -2.42. The fraction of sp³-hybridized carbons (Fsp3) is 0.556. The Hall–Kier alpha value is -2.08. The fourth-order valence-corrected chi connectivity index (χ4v) is 2.90. The predicted octanol–water partition coefficient (Wildman–Crippen LogP) is 2.58. The van der Waals surface area contributed by atoms with Gasteiger partial charge in [0.1, 0.15) is 0 Å². The van der Waals surface area contributed by atoms with Crippen LogP contribution in [-0.4, -0.2) is 48.8 Å². The van der Waals surface area contributed by atoms with Crippen molar-refractivity contribution in [1.29, 1.82) is 0 Å². The Balaban J connectivity index is 1.90. The highest BCUT2D eigenvalue weighted by Crippen LogP contribution is 2.33. The summed E-state index contributed by atoms with van der Waals surface area (Å²) in [4.78, 5) is 24.0. The van der Waals surface area contributed by atoms with Crippen LogP contribution in [0, 0.1) is 12.8 Å². The van der Waals surface area contributed by atoms with Crippen molar-refractivity contribution in [2.75, 3.05) is 26.7 Å². The average molecular weight is 334 g/mol. The molecule has 1 aliphatic rings. The first-order valence-corrected chi connectivity index (χ1v) is 8.36. The van der Waals surface area contributed by atoms with Gasteiger partial charge in [0.25, 0.3) is 0 Å². The number of hydrogen-bond donors (Lipinski definition) is 2. The number of ether oxygens (including phenoxy) is 1. The van der Waals surface area contributed by atoms with E-state index < -0.39 is 5.97 Å². The van der Waals surface area contributed by atoms with E-state index >= 15 is 0 Å². The Labute approximate surface area is 142 Å². The number of nitrogens with one attached hydrogen (secondary N) is 1. The number of nitrogens with zero attached hydrogens (tertiary/aromatic N) is 1. The molecular weight excluding hydrogens is 308 g/mol. The van der Waals surface area contributed by atoms with Gasteiger partial charge in [-0.1, -0.05) is 29.8 Å². The first-order valence-electron chi connectivity index (χ1n) is 8.36. The summed E-state index contributed by atoms with van der Waals surface area (Å²) in [6.07, 6.45) is 1.92. The lowest BCUT2D eigenvalue weighted by Gasteiger charge is -2.32. The molecule has 2 N–H and O–H groups in total. The minimum atomic E-state index is -0.908. The summed E-state index contributed by atoms with van der Waals surface area (Å²) in [5, 5.41) is 11.6. The highest BCUT2D eigenvalue weighted by atomic mass is 16.5. The molecule has 0 aromatic heterocycles. The number of carbonyl (C=O) groups excluding carboxylic acids is 1. The molecule has 2 amide bonds. The lowest BCUT2D eigenvalue weighted by atomic mass is 9.89. The Morgan fingerprint density at radius 2 is 2.04 bits per heavy atom. The largest absolute Gasteiger partial charge is 0.481 e. The van der Waals surface area contributed by atoms with Crippen LogP contribution in [0.5, 0.6) is 0 Å². The van der Waals surface area contributed by atoms with Gasteiger partial charge in [-0.15, -0.1) is 0 Å². The minimum absolute atomic E-state index is 0.0102. The number of hydrogen-bond acceptors (Lipinski definition) is 3. The number of carbonyl (C=O) groups is 2. The summed E-state index contributed by atoms with van der Waals surface area (Å²) in [6.45, 7) is 3.51. The van der Waals surface area contributed by atoms with Crippen LogP contribution in [0.4, 0.5) is 4.79 Å². The number of carboxylic acid groups (broad SMARTS) is 1. The molecule has 1 saturated heterocycles. The van der Waals surface area contributed by atoms with E-state index in [0.717, 1.165) is 25.0 Å². The van der Waals surface area contributed by atoms with Crippen molar-refractivity contribution in [1.82, 2.24) is 10.2 Å². The smallest absolute Gasteiger partial charge is 0.317 e. The maximum atomic E-state index is 12.1. The predicted molar refractivity (Wildman–Crippen MR) is 90.9 cm³/mol. The van der Waals surface area contributed by atoms with Gasteiger partial charge in [-0.2, -0.15) is 0 Å². The third kappa shape index (κ3) is 5.23. The van der Waals surface area contributed by atoms with Gasteiger partial charge in [0.15, 0.2) is 0 Å². The topological polar surface area (TPSA) is 78.9 Å². The van der Waals surface area contributed by atoms with Gasteiger partial charge in [0.2, 0.25) is 0 Å². The molecule has 132 valence electrons. The van der Waals surface area contributed by atoms with E-state index in [1.807, 2.05) is 0 Å². The molecule has 2 unspecified atom stereocenters. The molecule has 1 aliphatic heterocycles. The Morgan fingerprint density at radius 3 is 2.71 bits per heavy atom. The molecule has 1 aromatic rings. The summed E-state index contributed by atoms with van der Waals surface area (Å²) in [5.74, 6) is -0.687. The van der Waals surface area contributed by atoms with Crippen LogP contribution in [0.2, 0.25) is 0 Å². The van der Waals surface area contributed by atoms with Crippen molar-refractivity contribution in [3.8, 4) is 0 Å². The minimum Gasteiger partial charge on any atom is -0.481 e. The van der Waals surface area contributed by atoms with E-state index in [9.17, 15) is 9.59 Å². The maximum absolute atomic E-state index is 12.1. The molecule has 6 nitrogen and oxygen atoms in total. The van der Waals surface area contributed by atoms with Crippen molar-refractivity contribution >= 4 is 12.0 Å². The average Bonchev–Trinajstić information content (AvgIpc) is 2.58. The first-order chi connectivity index (χ1) is 11.5. The normalized spacial score (nSPS) is 20.4. The van der Waals surface area contributed by atoms with Gasteiger partial charge >= 0.3 is 12.0 Å². The summed E-state index contributed by atoms with van der Waals surface area (Å²) in [7, 11) is 1.60. The zero-order chi connectivity index (χ0) is 17.5. The van der Waals surface area contributed by atoms with E-state index in [4.69, 9.17) is 9.84 Å². The molecule has 24 heavy (non-hydrogen) atoms. The fourth-order valence-electron chi connectivity index (χ4n) is 2.90. The molecule has 0 bridgehead atoms. The highest BCUT2D eigenvalue weighted by Gasteiger charge is 2.28. The second-order valence-corrected chi connectivity index (χ2v) is 6.36. The second-order valence-electron chi connectivity index (χ2n) is 6.36. The molecule has 2 rings (SSSR count). The van der Waals surface area contributed by atoms with Crippen molar-refractivity contribution in [3.05, 3.63) is 35.4 Å². The van der Waals surface area contributed by atoms with Crippen molar-refractivity contribution in [2.24, 2.45) is 5.92 Å². The van der Waals surface area contributed by atoms with Crippen LogP contribution in [0.3, 0.4) is 0 Å². The van der Waals surface area contributed by atoms with E-state index in [2.05, 4.69) is 36.5 Å². The Morgan fingerprint density at radius 1 is 1.33 bits per heavy atom. The van der Waals surface area contributed by atoms with Crippen LogP contribution in [0.25, 0.3) is 0 Å². The standard InChI is InChI=1S/C18H26N2O4/c1-13-5-7-14(8-6-13)17-15(4-3-11-24-17)12-19-18(23)20(2)10-9-16(21)22/h5-8,15,17H,3-4,9-12H2,1-2H3,(H,19,23)(H,21,22). The van der Waals surface area contributed by atoms with Crippen molar-refractivity contribution < 1.29 is 19.4 Å². The number of urea groups is 1. The molecule has 1 aromatic carbocycles. The van der Waals surface area contributed by atoms with Crippen LogP contribution in [0.15, 0.2) is 24.3 Å². The number of amides is 2. The molecular formula is C18H26N2O4. The van der Waals surface area contributed by atoms with E-state index in [-0.39, 0.29) is 31.0 Å². The molecule has 0 radical (unpaired) electrons. The van der Waals surface area contributed by atoms with Crippen molar-refractivity contribution in [3.63, 3.8) is 0 Å². The van der Waals surface area contributed by atoms with Gasteiger partial charge in [0.05, 0.1) is 12.5 Å². The van der Waals surface area contributed by atoms with Gasteiger partial charge in [-0.05, 0) is 25.3 Å². The number of carboxylic acids is 1. The molecule has 2 atom stereocenters. The lowest BCUT2D eigenvalue weighted by molar-refractivity contribution is -0.137. The third-order valence-electron chi connectivity index (χ3n) is 4.37. The summed E-state index contributed by atoms with van der Waals surface area (Å²) < 4.78 is 5.95. The quantitative estimate of drug-likeness (QED) is 0.838. The number of rotatable bonds is 6. The third-order valence-corrected chi connectivity index (χ3v) is 4.37. The number of benzene rings is 1. The molecule has 1 heterocycles. The Bertz CT molecular complexity index is 559. The van der Waals surface area contributed by atoms with E-state index in [0.29, 0.717) is 6.54 Å². The summed E-state index contributed by atoms with van der Waals surface area (Å²) in [5.41, 5.74) is 2.35. The van der Waals surface area contributed by atoms with Gasteiger partial charge in [-0.3, -0.25) is 4.79 Å². The van der Waals surface area contributed by atoms with Crippen molar-refractivity contribution in [2.45, 2.75) is 32.3 Å². The molecule has 0 aliphatic carbocycles. The molecule has 0 saturated carbocycles. The van der Waals surface area contributed by atoms with Gasteiger partial charge in [0, 0.05) is 32.7 Å². The number of aryl methyl sites for hydroxylation is 1. The zero-order valence-electron chi connectivity index (χ0n) is 14.3. The van der Waals surface area contributed by atoms with Gasteiger partial charge < -0.3 is 20.1 Å². The monoisotopic (exact) mass is 334 g/mol. The maximum Gasteiger partial charge on any atom is 0.317 e. The van der Waals surface area contributed by atoms with Crippen LogP contribution in [-0.2, 0) is 9.53 Å². The van der Waals surface area contributed by atoms with E-state index in [1.54, 1.807) is 7.05 Å². The summed E-state index contributed by atoms with van der Waals surface area (Å²) in [6, 6.07) is 8.06. The highest BCUT2D eigenvalue weighted by molar-refractivity contribution is 5.75. The summed E-state index contributed by atoms with van der Waals surface area (Å²) >= 11 is 0. The zero-order valence-corrected chi connectivity index (χ0v) is 14.3. The second kappa shape index (κ2) is 8.68. The Kier molecular flexibility index (Phi) is 6.61. The van der Waals surface area contributed by atoms with Crippen LogP contribution in [0.1, 0.15) is 36.5 Å². The molecule has 0 spiro atoms. The van der Waals surface area contributed by atoms with Gasteiger partial charge in [-0.25, -0.2) is 4.79 Å². The SMILES string of the molecule is Cc1ccc(C2OCCCC2CNC(=O)N(C)CCC(=O)O)cc1. The van der Waals surface area contributed by atoms with Crippen LogP contribution < -0.4 is 5.32 Å². The molecule has 6 heteroatoms. The van der Waals surface area contributed by atoms with E-state index in [1.165, 1.54) is 10.5 Å². The number of aliphatic carboxylic acids is 1. The first kappa shape index (κ1) is 18.3. The van der Waals surface area contributed by atoms with Crippen LogP contribution >= 0.6 is 0 Å². The molecule has 1 fully saturated rings.